The topological polar surface area (TPSA) is 73.3 Å². The van der Waals surface area contributed by atoms with Crippen molar-refractivity contribution in [2.75, 3.05) is 0 Å². The normalized spacial score (nSPS) is 14.5. The van der Waals surface area contributed by atoms with Gasteiger partial charge in [-0.2, -0.15) is 26.3 Å². The van der Waals surface area contributed by atoms with Crippen LogP contribution in [0.3, 0.4) is 0 Å². The molecule has 0 spiro atoms. The summed E-state index contributed by atoms with van der Waals surface area (Å²) >= 11 is 0. The van der Waals surface area contributed by atoms with Gasteiger partial charge in [0.05, 0.1) is 23.5 Å². The van der Waals surface area contributed by atoms with Crippen LogP contribution in [0.2, 0.25) is 0 Å². The van der Waals surface area contributed by atoms with E-state index in [1.807, 2.05) is 0 Å². The second kappa shape index (κ2) is 9.54. The van der Waals surface area contributed by atoms with E-state index in [0.717, 1.165) is 0 Å². The van der Waals surface area contributed by atoms with Crippen LogP contribution in [0.4, 0.5) is 26.3 Å². The van der Waals surface area contributed by atoms with Gasteiger partial charge in [-0.1, -0.05) is 6.92 Å². The number of hydrogen-bond acceptors (Lipinski definition) is 6. The molecule has 0 radical (unpaired) electrons. The highest BCUT2D eigenvalue weighted by atomic mass is 19.4. The van der Waals surface area contributed by atoms with Gasteiger partial charge in [0, 0.05) is 13.0 Å². The van der Waals surface area contributed by atoms with Gasteiger partial charge in [-0.25, -0.2) is 14.8 Å². The Hall–Kier alpha value is -2.89. The Morgan fingerprint density at radius 1 is 0.939 bits per heavy atom. The zero-order valence-electron chi connectivity index (χ0n) is 18.3. The lowest BCUT2D eigenvalue weighted by Crippen LogP contribution is -2.58. The first kappa shape index (κ1) is 26.4. The summed E-state index contributed by atoms with van der Waals surface area (Å²) in [5.41, 5.74) is -6.18. The van der Waals surface area contributed by atoms with Gasteiger partial charge >= 0.3 is 18.3 Å². The first-order chi connectivity index (χ1) is 15.1. The van der Waals surface area contributed by atoms with E-state index in [2.05, 4.69) is 15.3 Å². The summed E-state index contributed by atoms with van der Waals surface area (Å²) in [6.07, 6.45) is -6.38. The highest BCUT2D eigenvalue weighted by Gasteiger charge is 2.43. The lowest BCUT2D eigenvalue weighted by Gasteiger charge is -2.34. The standard InChI is InChI=1S/C21H23F6N3O3/c1-5-19(17(31)33-18(2,3)4,32-16-10-28-12-29-11-16)30-9-13-6-14(20(22,23)24)8-15(7-13)21(25,26)27/h6-8,10-12,30H,5,9H2,1-4H3. The Balaban J connectivity index is 2.45. The van der Waals surface area contributed by atoms with Crippen LogP contribution >= 0.6 is 0 Å². The molecule has 0 saturated carbocycles. The number of aromatic nitrogens is 2. The molecule has 2 aromatic rings. The number of alkyl halides is 6. The molecular formula is C21H23F6N3O3. The van der Waals surface area contributed by atoms with E-state index in [1.165, 1.54) is 25.6 Å². The number of ether oxygens (including phenoxy) is 2. The van der Waals surface area contributed by atoms with Gasteiger partial charge in [0.15, 0.2) is 5.75 Å². The van der Waals surface area contributed by atoms with Crippen LogP contribution in [0.25, 0.3) is 0 Å². The van der Waals surface area contributed by atoms with Crippen molar-refractivity contribution in [2.24, 2.45) is 0 Å². The van der Waals surface area contributed by atoms with Gasteiger partial charge in [0.2, 0.25) is 0 Å². The maximum Gasteiger partial charge on any atom is 0.416 e. The number of rotatable bonds is 7. The second-order valence-electron chi connectivity index (χ2n) is 8.13. The number of nitrogens with one attached hydrogen (secondary N) is 1. The van der Waals surface area contributed by atoms with Crippen molar-refractivity contribution in [3.8, 4) is 5.75 Å². The van der Waals surface area contributed by atoms with Crippen LogP contribution in [0, 0.1) is 0 Å². The summed E-state index contributed by atoms with van der Waals surface area (Å²) in [6, 6.07) is 1.18. The van der Waals surface area contributed by atoms with Crippen LogP contribution in [0.1, 0.15) is 50.8 Å². The third kappa shape index (κ3) is 7.31. The highest BCUT2D eigenvalue weighted by molar-refractivity contribution is 5.80. The quantitative estimate of drug-likeness (QED) is 0.337. The molecule has 0 aliphatic heterocycles. The third-order valence-corrected chi connectivity index (χ3v) is 4.28. The largest absolute Gasteiger partial charge is 0.458 e. The fourth-order valence-corrected chi connectivity index (χ4v) is 2.76. The molecular weight excluding hydrogens is 456 g/mol. The molecule has 0 amide bonds. The molecule has 1 unspecified atom stereocenters. The van der Waals surface area contributed by atoms with Crippen molar-refractivity contribution in [3.05, 3.63) is 53.6 Å². The molecule has 2 rings (SSSR count). The van der Waals surface area contributed by atoms with Crippen molar-refractivity contribution < 1.29 is 40.6 Å². The molecule has 0 bridgehead atoms. The molecule has 0 saturated heterocycles. The van der Waals surface area contributed by atoms with E-state index in [0.29, 0.717) is 12.1 Å². The Bertz CT molecular complexity index is 926. The van der Waals surface area contributed by atoms with E-state index in [1.54, 1.807) is 20.8 Å². The van der Waals surface area contributed by atoms with Gasteiger partial charge < -0.3 is 9.47 Å². The maximum absolute atomic E-state index is 13.2. The molecule has 1 atom stereocenters. The lowest BCUT2D eigenvalue weighted by atomic mass is 10.0. The van der Waals surface area contributed by atoms with Crippen molar-refractivity contribution in [1.29, 1.82) is 0 Å². The van der Waals surface area contributed by atoms with Gasteiger partial charge in [-0.05, 0) is 44.5 Å². The zero-order valence-corrected chi connectivity index (χ0v) is 18.3. The summed E-state index contributed by atoms with van der Waals surface area (Å²) in [5, 5.41) is 2.64. The van der Waals surface area contributed by atoms with E-state index < -0.39 is 47.3 Å². The Morgan fingerprint density at radius 3 is 1.88 bits per heavy atom. The van der Waals surface area contributed by atoms with Gasteiger partial charge in [0.1, 0.15) is 11.9 Å². The molecule has 1 aromatic carbocycles. The van der Waals surface area contributed by atoms with Crippen LogP contribution in [-0.4, -0.2) is 27.3 Å². The first-order valence-corrected chi connectivity index (χ1v) is 9.76. The van der Waals surface area contributed by atoms with Crippen LogP contribution in [0.5, 0.6) is 5.75 Å². The van der Waals surface area contributed by atoms with Crippen LogP contribution in [-0.2, 0) is 28.4 Å². The SMILES string of the molecule is CCC(NCc1cc(C(F)(F)F)cc(C(F)(F)F)c1)(Oc1cncnc1)C(=O)OC(C)(C)C. The fourth-order valence-electron chi connectivity index (χ4n) is 2.76. The average Bonchev–Trinajstić information content (AvgIpc) is 2.69. The van der Waals surface area contributed by atoms with E-state index in [4.69, 9.17) is 9.47 Å². The molecule has 182 valence electrons. The predicted octanol–water partition coefficient (Wildman–Crippen LogP) is 5.13. The Kier molecular flexibility index (Phi) is 7.62. The minimum absolute atomic E-state index is 0.0300. The number of esters is 1. The second-order valence-corrected chi connectivity index (χ2v) is 8.13. The summed E-state index contributed by atoms with van der Waals surface area (Å²) < 4.78 is 90.2. The zero-order chi connectivity index (χ0) is 25.1. The molecule has 33 heavy (non-hydrogen) atoms. The van der Waals surface area contributed by atoms with E-state index >= 15 is 0 Å². The van der Waals surface area contributed by atoms with Crippen molar-refractivity contribution >= 4 is 5.97 Å². The highest BCUT2D eigenvalue weighted by Crippen LogP contribution is 2.36. The van der Waals surface area contributed by atoms with Crippen molar-refractivity contribution in [2.45, 2.75) is 64.3 Å². The third-order valence-electron chi connectivity index (χ3n) is 4.28. The maximum atomic E-state index is 13.2. The minimum Gasteiger partial charge on any atom is -0.458 e. The van der Waals surface area contributed by atoms with E-state index in [9.17, 15) is 31.1 Å². The molecule has 0 fully saturated rings. The summed E-state index contributed by atoms with van der Waals surface area (Å²) in [4.78, 5) is 20.5. The summed E-state index contributed by atoms with van der Waals surface area (Å²) in [7, 11) is 0. The summed E-state index contributed by atoms with van der Waals surface area (Å²) in [6.45, 7) is 5.76. The number of carbonyl (C=O) groups is 1. The molecule has 1 aromatic heterocycles. The van der Waals surface area contributed by atoms with Gasteiger partial charge in [-0.3, -0.25) is 5.32 Å². The number of hydrogen-bond donors (Lipinski definition) is 1. The Morgan fingerprint density at radius 2 is 1.45 bits per heavy atom. The molecule has 12 heteroatoms. The molecule has 0 aliphatic carbocycles. The van der Waals surface area contributed by atoms with Crippen molar-refractivity contribution in [3.63, 3.8) is 0 Å². The van der Waals surface area contributed by atoms with Gasteiger partial charge in [-0.15, -0.1) is 0 Å². The monoisotopic (exact) mass is 479 g/mol. The Labute approximate surface area is 186 Å². The number of halogens is 6. The fraction of sp³-hybridized carbons (Fsp3) is 0.476. The summed E-state index contributed by atoms with van der Waals surface area (Å²) in [5.74, 6) is -0.873. The number of benzene rings is 1. The average molecular weight is 479 g/mol. The van der Waals surface area contributed by atoms with Crippen LogP contribution < -0.4 is 10.1 Å². The minimum atomic E-state index is -5.00. The van der Waals surface area contributed by atoms with E-state index in [-0.39, 0.29) is 23.8 Å². The number of carbonyl (C=O) groups excluding carboxylic acids is 1. The smallest absolute Gasteiger partial charge is 0.416 e. The molecule has 6 nitrogen and oxygen atoms in total. The molecule has 1 N–H and O–H groups in total. The molecule has 1 heterocycles. The predicted molar refractivity (Wildman–Crippen MR) is 105 cm³/mol. The van der Waals surface area contributed by atoms with Crippen molar-refractivity contribution in [1.82, 2.24) is 15.3 Å². The molecule has 0 aliphatic rings. The number of nitrogens with zero attached hydrogens (tertiary/aromatic N) is 2. The van der Waals surface area contributed by atoms with Gasteiger partial charge in [0.25, 0.3) is 5.72 Å². The lowest BCUT2D eigenvalue weighted by molar-refractivity contribution is -0.178. The first-order valence-electron chi connectivity index (χ1n) is 9.76. The van der Waals surface area contributed by atoms with Crippen LogP contribution in [0.15, 0.2) is 36.9 Å².